The molecule has 0 radical (unpaired) electrons. The third kappa shape index (κ3) is 5.33. The van der Waals surface area contributed by atoms with E-state index in [0.717, 1.165) is 55.4 Å². The molecule has 160 valence electrons. The van der Waals surface area contributed by atoms with Crippen molar-refractivity contribution in [2.24, 2.45) is 0 Å². The number of hydrogen-bond donors (Lipinski definition) is 1. The van der Waals surface area contributed by atoms with E-state index in [1.54, 1.807) is 36.1 Å². The third-order valence-electron chi connectivity index (χ3n) is 5.01. The Morgan fingerprint density at radius 2 is 1.77 bits per heavy atom. The molecule has 0 bridgehead atoms. The maximum absolute atomic E-state index is 13.3. The van der Waals surface area contributed by atoms with Crippen LogP contribution in [-0.2, 0) is 13.1 Å². The highest BCUT2D eigenvalue weighted by molar-refractivity contribution is 5.85. The number of rotatable bonds is 6. The van der Waals surface area contributed by atoms with Gasteiger partial charge in [0.25, 0.3) is 0 Å². The summed E-state index contributed by atoms with van der Waals surface area (Å²) in [6, 6.07) is 6.38. The Bertz CT molecular complexity index is 941. The van der Waals surface area contributed by atoms with Gasteiger partial charge in [0.15, 0.2) is 5.82 Å². The van der Waals surface area contributed by atoms with Crippen molar-refractivity contribution in [2.45, 2.75) is 26.1 Å². The highest BCUT2D eigenvalue weighted by Gasteiger charge is 2.22. The van der Waals surface area contributed by atoms with Crippen LogP contribution in [0.3, 0.4) is 0 Å². The first-order chi connectivity index (χ1) is 14.1. The molecule has 2 aromatic heterocycles. The largest absolute Gasteiger partial charge is 0.391 e. The number of nitrogens with zero attached hydrogens (tertiary/aromatic N) is 6. The van der Waals surface area contributed by atoms with Crippen LogP contribution in [0.2, 0.25) is 0 Å². The standard InChI is InChI=1S/C21H25FN6O.ClH/c1-16(29)13-28-15-17(12-25-28)14-26-8-10-27(11-9-26)21-20(23-6-7-24-21)18-2-4-19(22)5-3-18;/h2-7,12,15-16,29H,8-11,13-14H2,1H3;1H. The third-order valence-corrected chi connectivity index (χ3v) is 5.01. The molecular weight excluding hydrogens is 407 g/mol. The minimum Gasteiger partial charge on any atom is -0.391 e. The van der Waals surface area contributed by atoms with Crippen LogP contribution in [0.1, 0.15) is 12.5 Å². The lowest BCUT2D eigenvalue weighted by molar-refractivity contribution is 0.168. The van der Waals surface area contributed by atoms with Gasteiger partial charge < -0.3 is 10.0 Å². The molecule has 0 spiro atoms. The van der Waals surface area contributed by atoms with E-state index in [4.69, 9.17) is 0 Å². The number of anilines is 1. The molecule has 1 atom stereocenters. The van der Waals surface area contributed by atoms with Crippen molar-refractivity contribution in [2.75, 3.05) is 31.1 Å². The predicted octanol–water partition coefficient (Wildman–Crippen LogP) is 2.60. The molecule has 0 aliphatic carbocycles. The summed E-state index contributed by atoms with van der Waals surface area (Å²) in [5.74, 6) is 0.577. The second-order valence-electron chi connectivity index (χ2n) is 7.42. The summed E-state index contributed by atoms with van der Waals surface area (Å²) in [6.07, 6.45) is 6.82. The summed E-state index contributed by atoms with van der Waals surface area (Å²) >= 11 is 0. The van der Waals surface area contributed by atoms with Crippen molar-refractivity contribution in [1.82, 2.24) is 24.6 Å². The number of benzene rings is 1. The Labute approximate surface area is 181 Å². The van der Waals surface area contributed by atoms with Gasteiger partial charge in [0.05, 0.1) is 18.8 Å². The van der Waals surface area contributed by atoms with E-state index >= 15 is 0 Å². The Morgan fingerprint density at radius 1 is 1.07 bits per heavy atom. The zero-order chi connectivity index (χ0) is 20.2. The summed E-state index contributed by atoms with van der Waals surface area (Å²) in [6.45, 7) is 6.59. The molecule has 0 amide bonds. The van der Waals surface area contributed by atoms with E-state index in [1.165, 1.54) is 12.1 Å². The quantitative estimate of drug-likeness (QED) is 0.645. The monoisotopic (exact) mass is 432 g/mol. The first kappa shape index (κ1) is 22.1. The van der Waals surface area contributed by atoms with Crippen LogP contribution in [0.5, 0.6) is 0 Å². The van der Waals surface area contributed by atoms with Crippen LogP contribution in [0.15, 0.2) is 49.1 Å². The van der Waals surface area contributed by atoms with Crippen molar-refractivity contribution < 1.29 is 9.50 Å². The summed E-state index contributed by atoms with van der Waals surface area (Å²) in [5, 5.41) is 13.8. The van der Waals surface area contributed by atoms with Crippen LogP contribution in [0, 0.1) is 5.82 Å². The molecule has 3 aromatic rings. The average Bonchev–Trinajstić information content (AvgIpc) is 3.15. The Kier molecular flexibility index (Phi) is 7.36. The van der Waals surface area contributed by atoms with Crippen molar-refractivity contribution >= 4 is 18.2 Å². The van der Waals surface area contributed by atoms with Crippen molar-refractivity contribution in [1.29, 1.82) is 0 Å². The molecule has 9 heteroatoms. The molecule has 1 unspecified atom stereocenters. The van der Waals surface area contributed by atoms with E-state index in [0.29, 0.717) is 6.54 Å². The fourth-order valence-corrected chi connectivity index (χ4v) is 3.61. The molecule has 7 nitrogen and oxygen atoms in total. The number of halogens is 2. The van der Waals surface area contributed by atoms with Gasteiger partial charge in [-0.3, -0.25) is 14.6 Å². The van der Waals surface area contributed by atoms with Gasteiger partial charge in [-0.05, 0) is 31.2 Å². The fourth-order valence-electron chi connectivity index (χ4n) is 3.61. The van der Waals surface area contributed by atoms with Gasteiger partial charge in [-0.25, -0.2) is 9.37 Å². The van der Waals surface area contributed by atoms with Gasteiger partial charge in [0.2, 0.25) is 0 Å². The second-order valence-corrected chi connectivity index (χ2v) is 7.42. The van der Waals surface area contributed by atoms with Crippen molar-refractivity contribution in [3.05, 3.63) is 60.4 Å². The average molecular weight is 433 g/mol. The maximum atomic E-state index is 13.3. The smallest absolute Gasteiger partial charge is 0.155 e. The van der Waals surface area contributed by atoms with Gasteiger partial charge in [-0.15, -0.1) is 12.4 Å². The minimum atomic E-state index is -0.409. The van der Waals surface area contributed by atoms with E-state index < -0.39 is 6.10 Å². The molecule has 30 heavy (non-hydrogen) atoms. The molecule has 1 saturated heterocycles. The van der Waals surface area contributed by atoms with Gasteiger partial charge in [-0.1, -0.05) is 0 Å². The maximum Gasteiger partial charge on any atom is 0.155 e. The number of aliphatic hydroxyl groups excluding tert-OH is 1. The molecule has 1 N–H and O–H groups in total. The molecule has 1 aliphatic rings. The lowest BCUT2D eigenvalue weighted by Crippen LogP contribution is -2.46. The number of piperazine rings is 1. The van der Waals surface area contributed by atoms with Gasteiger partial charge in [0, 0.05) is 62.4 Å². The number of aliphatic hydroxyl groups is 1. The Balaban J connectivity index is 0.00000256. The normalized spacial score (nSPS) is 15.6. The number of aromatic nitrogens is 4. The lowest BCUT2D eigenvalue weighted by Gasteiger charge is -2.35. The van der Waals surface area contributed by atoms with Gasteiger partial charge in [-0.2, -0.15) is 5.10 Å². The SMILES string of the molecule is CC(O)Cn1cc(CN2CCN(c3nccnc3-c3ccc(F)cc3)CC2)cn1.Cl. The second kappa shape index (κ2) is 9.97. The van der Waals surface area contributed by atoms with Crippen LogP contribution >= 0.6 is 12.4 Å². The molecule has 1 fully saturated rings. The van der Waals surface area contributed by atoms with E-state index in [2.05, 4.69) is 24.9 Å². The predicted molar refractivity (Wildman–Crippen MR) is 116 cm³/mol. The van der Waals surface area contributed by atoms with Crippen LogP contribution in [0.4, 0.5) is 10.2 Å². The van der Waals surface area contributed by atoms with Crippen LogP contribution < -0.4 is 4.90 Å². The van der Waals surface area contributed by atoms with Gasteiger partial charge >= 0.3 is 0 Å². The van der Waals surface area contributed by atoms with Crippen molar-refractivity contribution in [3.63, 3.8) is 0 Å². The molecular formula is C21H26ClFN6O. The summed E-state index contributed by atoms with van der Waals surface area (Å²) in [5.41, 5.74) is 2.79. The topological polar surface area (TPSA) is 70.3 Å². The molecule has 1 aliphatic heterocycles. The van der Waals surface area contributed by atoms with Crippen LogP contribution in [0.25, 0.3) is 11.3 Å². The summed E-state index contributed by atoms with van der Waals surface area (Å²) in [7, 11) is 0. The first-order valence-electron chi connectivity index (χ1n) is 9.82. The van der Waals surface area contributed by atoms with E-state index in [1.807, 2.05) is 12.4 Å². The summed E-state index contributed by atoms with van der Waals surface area (Å²) < 4.78 is 15.1. The summed E-state index contributed by atoms with van der Waals surface area (Å²) in [4.78, 5) is 13.7. The highest BCUT2D eigenvalue weighted by atomic mass is 35.5. The molecule has 3 heterocycles. The molecule has 0 saturated carbocycles. The Morgan fingerprint density at radius 3 is 2.47 bits per heavy atom. The molecule has 4 rings (SSSR count). The van der Waals surface area contributed by atoms with Gasteiger partial charge in [0.1, 0.15) is 11.5 Å². The van der Waals surface area contributed by atoms with Crippen molar-refractivity contribution in [3.8, 4) is 11.3 Å². The highest BCUT2D eigenvalue weighted by Crippen LogP contribution is 2.27. The zero-order valence-electron chi connectivity index (χ0n) is 16.9. The lowest BCUT2D eigenvalue weighted by atomic mass is 10.1. The zero-order valence-corrected chi connectivity index (χ0v) is 17.7. The van der Waals surface area contributed by atoms with Crippen LogP contribution in [-0.4, -0.2) is 62.0 Å². The fraction of sp³-hybridized carbons (Fsp3) is 0.381. The van der Waals surface area contributed by atoms with E-state index in [9.17, 15) is 9.50 Å². The minimum absolute atomic E-state index is 0. The Hall–Kier alpha value is -2.55. The first-order valence-corrected chi connectivity index (χ1v) is 9.82. The molecule has 1 aromatic carbocycles. The number of hydrogen-bond acceptors (Lipinski definition) is 6. The van der Waals surface area contributed by atoms with E-state index in [-0.39, 0.29) is 18.2 Å².